The van der Waals surface area contributed by atoms with Gasteiger partial charge in [-0.25, -0.2) is 0 Å². The molecule has 0 saturated heterocycles. The van der Waals surface area contributed by atoms with Crippen molar-refractivity contribution in [3.05, 3.63) is 66.2 Å². The van der Waals surface area contributed by atoms with E-state index in [1.807, 2.05) is 48.2 Å². The van der Waals surface area contributed by atoms with Gasteiger partial charge in [0, 0.05) is 31.0 Å². The van der Waals surface area contributed by atoms with E-state index in [2.05, 4.69) is 39.9 Å². The highest BCUT2D eigenvalue weighted by Crippen LogP contribution is 2.17. The molecule has 5 heteroatoms. The number of hydrogen-bond acceptors (Lipinski definition) is 3. The molecule has 0 bridgehead atoms. The van der Waals surface area contributed by atoms with Crippen LogP contribution < -0.4 is 10.6 Å². The van der Waals surface area contributed by atoms with E-state index in [1.54, 1.807) is 7.05 Å². The third-order valence-electron chi connectivity index (χ3n) is 3.86. The summed E-state index contributed by atoms with van der Waals surface area (Å²) >= 11 is 1.87. The summed E-state index contributed by atoms with van der Waals surface area (Å²) in [4.78, 5) is 5.55. The van der Waals surface area contributed by atoms with E-state index in [9.17, 15) is 5.11 Å². The van der Waals surface area contributed by atoms with Gasteiger partial charge >= 0.3 is 0 Å². The third kappa shape index (κ3) is 7.20. The minimum Gasteiger partial charge on any atom is -0.396 e. The number of guanidine groups is 1. The van der Waals surface area contributed by atoms with Gasteiger partial charge in [-0.2, -0.15) is 0 Å². The fraction of sp³-hybridized carbons (Fsp3) is 0.350. The molecule has 3 N–H and O–H groups in total. The number of aliphatic hydroxyl groups excluding tert-OH is 1. The van der Waals surface area contributed by atoms with Crippen LogP contribution in [0.1, 0.15) is 17.9 Å². The SMILES string of the molecule is CN=C(NCCCSc1ccccc1)NCC(CO)c1ccccc1. The Bertz CT molecular complexity index is 619. The summed E-state index contributed by atoms with van der Waals surface area (Å²) in [7, 11) is 1.77. The highest BCUT2D eigenvalue weighted by molar-refractivity contribution is 7.99. The van der Waals surface area contributed by atoms with Crippen molar-refractivity contribution in [1.82, 2.24) is 10.6 Å². The minimum absolute atomic E-state index is 0.0633. The molecule has 0 amide bonds. The number of hydrogen-bond donors (Lipinski definition) is 3. The van der Waals surface area contributed by atoms with Crippen molar-refractivity contribution in [2.45, 2.75) is 17.2 Å². The van der Waals surface area contributed by atoms with Crippen molar-refractivity contribution in [2.24, 2.45) is 4.99 Å². The van der Waals surface area contributed by atoms with Crippen molar-refractivity contribution >= 4 is 17.7 Å². The van der Waals surface area contributed by atoms with E-state index < -0.39 is 0 Å². The van der Waals surface area contributed by atoms with Gasteiger partial charge < -0.3 is 15.7 Å². The second-order valence-corrected chi connectivity index (χ2v) is 6.85. The van der Waals surface area contributed by atoms with Gasteiger partial charge in [-0.05, 0) is 29.9 Å². The Labute approximate surface area is 154 Å². The fourth-order valence-electron chi connectivity index (χ4n) is 2.44. The summed E-state index contributed by atoms with van der Waals surface area (Å²) < 4.78 is 0. The van der Waals surface area contributed by atoms with Gasteiger partial charge in [0.25, 0.3) is 0 Å². The lowest BCUT2D eigenvalue weighted by Crippen LogP contribution is -2.40. The zero-order chi connectivity index (χ0) is 17.7. The number of benzene rings is 2. The van der Waals surface area contributed by atoms with E-state index in [0.29, 0.717) is 6.54 Å². The molecule has 0 radical (unpaired) electrons. The molecule has 0 heterocycles. The number of aliphatic hydroxyl groups is 1. The molecule has 0 fully saturated rings. The molecule has 0 aliphatic rings. The quantitative estimate of drug-likeness (QED) is 0.279. The highest BCUT2D eigenvalue weighted by atomic mass is 32.2. The Hall–Kier alpha value is -1.98. The fourth-order valence-corrected chi connectivity index (χ4v) is 3.31. The molecule has 4 nitrogen and oxygen atoms in total. The van der Waals surface area contributed by atoms with Gasteiger partial charge in [0.15, 0.2) is 5.96 Å². The lowest BCUT2D eigenvalue weighted by Gasteiger charge is -2.18. The molecule has 0 saturated carbocycles. The number of aliphatic imine (C=N–C) groups is 1. The van der Waals surface area contributed by atoms with Gasteiger partial charge in [0.05, 0.1) is 6.61 Å². The summed E-state index contributed by atoms with van der Waals surface area (Å²) in [5, 5.41) is 16.2. The summed E-state index contributed by atoms with van der Waals surface area (Å²) in [6.45, 7) is 1.63. The Morgan fingerprint density at radius 3 is 2.36 bits per heavy atom. The summed E-state index contributed by atoms with van der Waals surface area (Å²) in [6.07, 6.45) is 1.06. The second kappa shape index (κ2) is 11.6. The van der Waals surface area contributed by atoms with Crippen LogP contribution in [0.3, 0.4) is 0 Å². The van der Waals surface area contributed by atoms with E-state index >= 15 is 0 Å². The Kier molecular flexibility index (Phi) is 8.94. The normalized spacial score (nSPS) is 12.6. The van der Waals surface area contributed by atoms with Crippen LogP contribution in [0.5, 0.6) is 0 Å². The van der Waals surface area contributed by atoms with Crippen molar-refractivity contribution < 1.29 is 5.11 Å². The second-order valence-electron chi connectivity index (χ2n) is 5.69. The first-order valence-corrected chi connectivity index (χ1v) is 9.60. The van der Waals surface area contributed by atoms with E-state index in [-0.39, 0.29) is 12.5 Å². The maximum Gasteiger partial charge on any atom is 0.190 e. The first-order chi connectivity index (χ1) is 12.3. The van der Waals surface area contributed by atoms with Crippen LogP contribution in [-0.4, -0.2) is 43.6 Å². The van der Waals surface area contributed by atoms with Crippen LogP contribution >= 0.6 is 11.8 Å². The molecule has 0 aliphatic heterocycles. The van der Waals surface area contributed by atoms with Gasteiger partial charge in [0.1, 0.15) is 0 Å². The molecule has 0 aliphatic carbocycles. The van der Waals surface area contributed by atoms with Crippen molar-refractivity contribution in [2.75, 3.05) is 32.5 Å². The predicted molar refractivity (Wildman–Crippen MR) is 107 cm³/mol. The average Bonchev–Trinajstić information content (AvgIpc) is 2.68. The minimum atomic E-state index is 0.0633. The number of thioether (sulfide) groups is 1. The molecule has 0 spiro atoms. The average molecular weight is 358 g/mol. The molecule has 2 rings (SSSR count). The third-order valence-corrected chi connectivity index (χ3v) is 4.95. The molecule has 1 atom stereocenters. The first kappa shape index (κ1) is 19.3. The number of rotatable bonds is 9. The smallest absolute Gasteiger partial charge is 0.190 e. The summed E-state index contributed by atoms with van der Waals surface area (Å²) in [6, 6.07) is 20.5. The zero-order valence-electron chi connectivity index (χ0n) is 14.7. The topological polar surface area (TPSA) is 56.7 Å². The van der Waals surface area contributed by atoms with Gasteiger partial charge in [-0.1, -0.05) is 48.5 Å². The summed E-state index contributed by atoms with van der Waals surface area (Å²) in [5.74, 6) is 1.91. The standard InChI is InChI=1S/C20H27N3OS/c1-21-20(22-13-8-14-25-19-11-6-3-7-12-19)23-15-18(16-24)17-9-4-2-5-10-17/h2-7,9-12,18,24H,8,13-16H2,1H3,(H2,21,22,23). The number of nitrogens with zero attached hydrogens (tertiary/aromatic N) is 1. The molecular formula is C20H27N3OS. The van der Waals surface area contributed by atoms with Gasteiger partial charge in [-0.3, -0.25) is 4.99 Å². The van der Waals surface area contributed by atoms with Crippen molar-refractivity contribution in [1.29, 1.82) is 0 Å². The van der Waals surface area contributed by atoms with E-state index in [1.165, 1.54) is 4.90 Å². The van der Waals surface area contributed by atoms with Crippen molar-refractivity contribution in [3.8, 4) is 0 Å². The molecular weight excluding hydrogens is 330 g/mol. The lowest BCUT2D eigenvalue weighted by molar-refractivity contribution is 0.265. The highest BCUT2D eigenvalue weighted by Gasteiger charge is 2.10. The van der Waals surface area contributed by atoms with Crippen molar-refractivity contribution in [3.63, 3.8) is 0 Å². The monoisotopic (exact) mass is 357 g/mol. The Balaban J connectivity index is 1.66. The Morgan fingerprint density at radius 1 is 1.04 bits per heavy atom. The van der Waals surface area contributed by atoms with E-state index in [4.69, 9.17) is 0 Å². The van der Waals surface area contributed by atoms with Crippen LogP contribution in [0.25, 0.3) is 0 Å². The van der Waals surface area contributed by atoms with Crippen LogP contribution in [0.4, 0.5) is 0 Å². The molecule has 1 unspecified atom stereocenters. The molecule has 2 aromatic rings. The van der Waals surface area contributed by atoms with E-state index in [0.717, 1.165) is 30.2 Å². The van der Waals surface area contributed by atoms with Crippen LogP contribution in [0.15, 0.2) is 70.6 Å². The summed E-state index contributed by atoms with van der Waals surface area (Å²) in [5.41, 5.74) is 1.13. The maximum absolute atomic E-state index is 9.62. The maximum atomic E-state index is 9.62. The predicted octanol–water partition coefficient (Wildman–Crippen LogP) is 3.11. The molecule has 2 aromatic carbocycles. The van der Waals surface area contributed by atoms with Crippen LogP contribution in [-0.2, 0) is 0 Å². The largest absolute Gasteiger partial charge is 0.396 e. The zero-order valence-corrected chi connectivity index (χ0v) is 15.5. The lowest BCUT2D eigenvalue weighted by atomic mass is 10.0. The Morgan fingerprint density at radius 2 is 1.72 bits per heavy atom. The van der Waals surface area contributed by atoms with Gasteiger partial charge in [-0.15, -0.1) is 11.8 Å². The molecule has 25 heavy (non-hydrogen) atoms. The van der Waals surface area contributed by atoms with Crippen LogP contribution in [0, 0.1) is 0 Å². The van der Waals surface area contributed by atoms with Gasteiger partial charge in [0.2, 0.25) is 0 Å². The first-order valence-electron chi connectivity index (χ1n) is 8.61. The van der Waals surface area contributed by atoms with Crippen LogP contribution in [0.2, 0.25) is 0 Å². The molecule has 0 aromatic heterocycles. The number of nitrogens with one attached hydrogen (secondary N) is 2. The molecule has 134 valence electrons.